The van der Waals surface area contributed by atoms with Crippen LogP contribution in [0.25, 0.3) is 0 Å². The number of hydrogen-bond acceptors (Lipinski definition) is 4. The van der Waals surface area contributed by atoms with Crippen LogP contribution in [0.3, 0.4) is 0 Å². The van der Waals surface area contributed by atoms with Gasteiger partial charge in [-0.25, -0.2) is 0 Å². The summed E-state index contributed by atoms with van der Waals surface area (Å²) in [5.74, 6) is 0.986. The van der Waals surface area contributed by atoms with Gasteiger partial charge >= 0.3 is 0 Å². The fraction of sp³-hybridized carbons (Fsp3) is 0.733. The molecule has 0 saturated carbocycles. The van der Waals surface area contributed by atoms with Crippen LogP contribution < -0.4 is 5.73 Å². The van der Waals surface area contributed by atoms with Crippen LogP contribution in [0.15, 0.2) is 22.8 Å². The highest BCUT2D eigenvalue weighted by Gasteiger charge is 2.44. The first-order valence-electron chi connectivity index (χ1n) is 7.11. The Labute approximate surface area is 115 Å². The van der Waals surface area contributed by atoms with E-state index in [0.29, 0.717) is 6.54 Å². The number of furan rings is 1. The zero-order valence-corrected chi connectivity index (χ0v) is 12.3. The van der Waals surface area contributed by atoms with Gasteiger partial charge in [0.25, 0.3) is 0 Å². The molecule has 2 N–H and O–H groups in total. The van der Waals surface area contributed by atoms with E-state index in [9.17, 15) is 0 Å². The van der Waals surface area contributed by atoms with Crippen molar-refractivity contribution in [3.63, 3.8) is 0 Å². The quantitative estimate of drug-likeness (QED) is 0.889. The van der Waals surface area contributed by atoms with Gasteiger partial charge in [0.15, 0.2) is 0 Å². The summed E-state index contributed by atoms with van der Waals surface area (Å²) in [6.45, 7) is 6.60. The summed E-state index contributed by atoms with van der Waals surface area (Å²) < 4.78 is 11.4. The minimum absolute atomic E-state index is 0.00972. The summed E-state index contributed by atoms with van der Waals surface area (Å²) >= 11 is 0. The average Bonchev–Trinajstić information content (AvgIpc) is 2.91. The molecule has 0 spiro atoms. The molecule has 0 amide bonds. The van der Waals surface area contributed by atoms with E-state index in [4.69, 9.17) is 14.9 Å². The lowest BCUT2D eigenvalue weighted by Gasteiger charge is -2.50. The maximum atomic E-state index is 6.12. The van der Waals surface area contributed by atoms with Gasteiger partial charge in [0.1, 0.15) is 5.76 Å². The van der Waals surface area contributed by atoms with Gasteiger partial charge in [-0.15, -0.1) is 0 Å². The van der Waals surface area contributed by atoms with Gasteiger partial charge in [-0.1, -0.05) is 6.92 Å². The van der Waals surface area contributed by atoms with Crippen molar-refractivity contribution in [2.45, 2.75) is 50.8 Å². The monoisotopic (exact) mass is 266 g/mol. The van der Waals surface area contributed by atoms with Crippen LogP contribution in [-0.4, -0.2) is 36.2 Å². The number of rotatable bonds is 5. The largest absolute Gasteiger partial charge is 0.468 e. The Kier molecular flexibility index (Phi) is 4.33. The standard InChI is InChI=1S/C15H26N2O2/c1-4-14(2)11-15(12-16,7-9-19-14)17(3)10-13-6-5-8-18-13/h5-6,8H,4,7,9-12,16H2,1-3H3. The highest BCUT2D eigenvalue weighted by molar-refractivity contribution is 5.03. The predicted molar refractivity (Wildman–Crippen MR) is 75.8 cm³/mol. The number of nitrogens with two attached hydrogens (primary N) is 1. The van der Waals surface area contributed by atoms with E-state index in [1.54, 1.807) is 6.26 Å². The predicted octanol–water partition coefficient (Wildman–Crippen LogP) is 2.39. The molecule has 2 rings (SSSR count). The smallest absolute Gasteiger partial charge is 0.117 e. The van der Waals surface area contributed by atoms with E-state index in [1.165, 1.54) is 0 Å². The Morgan fingerprint density at radius 3 is 2.84 bits per heavy atom. The Bertz CT molecular complexity index is 393. The second-order valence-electron chi connectivity index (χ2n) is 5.94. The molecule has 2 heterocycles. The summed E-state index contributed by atoms with van der Waals surface area (Å²) in [5, 5.41) is 0. The Morgan fingerprint density at radius 2 is 2.26 bits per heavy atom. The van der Waals surface area contributed by atoms with Gasteiger partial charge < -0.3 is 14.9 Å². The topological polar surface area (TPSA) is 51.6 Å². The summed E-state index contributed by atoms with van der Waals surface area (Å²) in [5.41, 5.74) is 6.07. The molecule has 1 aromatic heterocycles. The van der Waals surface area contributed by atoms with E-state index >= 15 is 0 Å². The molecule has 0 radical (unpaired) electrons. The van der Waals surface area contributed by atoms with E-state index < -0.39 is 0 Å². The minimum atomic E-state index is -0.0605. The lowest BCUT2D eigenvalue weighted by molar-refractivity contribution is -0.127. The van der Waals surface area contributed by atoms with Gasteiger partial charge in [0, 0.05) is 18.7 Å². The van der Waals surface area contributed by atoms with Crippen LogP contribution in [0.1, 0.15) is 38.9 Å². The fourth-order valence-electron chi connectivity index (χ4n) is 3.01. The van der Waals surface area contributed by atoms with Crippen molar-refractivity contribution in [2.24, 2.45) is 5.73 Å². The summed E-state index contributed by atoms with van der Waals surface area (Å²) in [4.78, 5) is 2.34. The third-order valence-electron chi connectivity index (χ3n) is 4.63. The highest BCUT2D eigenvalue weighted by atomic mass is 16.5. The Morgan fingerprint density at radius 1 is 1.47 bits per heavy atom. The van der Waals surface area contributed by atoms with Crippen molar-refractivity contribution in [2.75, 3.05) is 20.2 Å². The van der Waals surface area contributed by atoms with Crippen LogP contribution >= 0.6 is 0 Å². The first-order valence-corrected chi connectivity index (χ1v) is 7.11. The number of nitrogens with zero attached hydrogens (tertiary/aromatic N) is 1. The molecular formula is C15H26N2O2. The van der Waals surface area contributed by atoms with Crippen molar-refractivity contribution >= 4 is 0 Å². The van der Waals surface area contributed by atoms with Crippen molar-refractivity contribution in [3.05, 3.63) is 24.2 Å². The third-order valence-corrected chi connectivity index (χ3v) is 4.63. The molecule has 1 aliphatic heterocycles. The summed E-state index contributed by atoms with van der Waals surface area (Å²) in [7, 11) is 2.14. The molecule has 19 heavy (non-hydrogen) atoms. The van der Waals surface area contributed by atoms with Crippen molar-refractivity contribution in [1.29, 1.82) is 0 Å². The molecule has 0 aromatic carbocycles. The minimum Gasteiger partial charge on any atom is -0.468 e. The second-order valence-corrected chi connectivity index (χ2v) is 5.94. The second kappa shape index (κ2) is 5.65. The molecule has 4 nitrogen and oxygen atoms in total. The number of likely N-dealkylation sites (N-methyl/N-ethyl adjacent to an activating group) is 1. The van der Waals surface area contributed by atoms with Gasteiger partial charge in [-0.2, -0.15) is 0 Å². The van der Waals surface area contributed by atoms with Gasteiger partial charge in [-0.05, 0) is 45.4 Å². The molecule has 1 aliphatic rings. The van der Waals surface area contributed by atoms with Crippen LogP contribution in [0.2, 0.25) is 0 Å². The van der Waals surface area contributed by atoms with Crippen LogP contribution in [-0.2, 0) is 11.3 Å². The fourth-order valence-corrected chi connectivity index (χ4v) is 3.01. The van der Waals surface area contributed by atoms with Crippen molar-refractivity contribution < 1.29 is 9.15 Å². The van der Waals surface area contributed by atoms with Crippen molar-refractivity contribution in [1.82, 2.24) is 4.90 Å². The van der Waals surface area contributed by atoms with Crippen molar-refractivity contribution in [3.8, 4) is 0 Å². The molecule has 108 valence electrons. The molecule has 1 aromatic rings. The third kappa shape index (κ3) is 3.02. The first kappa shape index (κ1) is 14.6. The van der Waals surface area contributed by atoms with Crippen LogP contribution in [0.4, 0.5) is 0 Å². The maximum Gasteiger partial charge on any atom is 0.117 e. The number of hydrogen-bond donors (Lipinski definition) is 1. The molecule has 0 aliphatic carbocycles. The lowest BCUT2D eigenvalue weighted by atomic mass is 9.78. The molecule has 1 fully saturated rings. The van der Waals surface area contributed by atoms with Gasteiger partial charge in [0.05, 0.1) is 18.4 Å². The zero-order chi connectivity index (χ0) is 13.9. The number of ether oxygens (including phenoxy) is 1. The molecule has 4 heteroatoms. The molecular weight excluding hydrogens is 240 g/mol. The van der Waals surface area contributed by atoms with E-state index in [-0.39, 0.29) is 11.1 Å². The Hall–Kier alpha value is -0.840. The molecule has 2 unspecified atom stereocenters. The molecule has 1 saturated heterocycles. The molecule has 0 bridgehead atoms. The summed E-state index contributed by atoms with van der Waals surface area (Å²) in [6, 6.07) is 3.94. The molecule has 2 atom stereocenters. The Balaban J connectivity index is 2.12. The average molecular weight is 266 g/mol. The van der Waals surface area contributed by atoms with Crippen LogP contribution in [0.5, 0.6) is 0 Å². The SMILES string of the molecule is CCC1(C)CC(CN)(N(C)Cc2ccco2)CCO1. The van der Waals surface area contributed by atoms with Gasteiger partial charge in [-0.3, -0.25) is 4.90 Å². The lowest BCUT2D eigenvalue weighted by Crippen LogP contribution is -2.59. The summed E-state index contributed by atoms with van der Waals surface area (Å²) in [6.07, 6.45) is 4.70. The highest BCUT2D eigenvalue weighted by Crippen LogP contribution is 2.37. The maximum absolute atomic E-state index is 6.12. The van der Waals surface area contributed by atoms with Crippen LogP contribution in [0, 0.1) is 0 Å². The van der Waals surface area contributed by atoms with E-state index in [1.807, 2.05) is 12.1 Å². The van der Waals surface area contributed by atoms with E-state index in [0.717, 1.165) is 38.2 Å². The van der Waals surface area contributed by atoms with Gasteiger partial charge in [0.2, 0.25) is 0 Å². The first-order chi connectivity index (χ1) is 9.03. The normalized spacial score (nSPS) is 31.8. The van der Waals surface area contributed by atoms with E-state index in [2.05, 4.69) is 25.8 Å². The zero-order valence-electron chi connectivity index (χ0n) is 12.3.